The minimum Gasteiger partial charge on any atom is -0.496 e. The quantitative estimate of drug-likeness (QED) is 0.835. The van der Waals surface area contributed by atoms with E-state index in [0.29, 0.717) is 18.1 Å². The van der Waals surface area contributed by atoms with Crippen LogP contribution in [-0.2, 0) is 11.2 Å². The molecule has 2 unspecified atom stereocenters. The SMILES string of the molecule is CCOC(C)(CC)C(N)Cc1cc(Cl)ccc1OC. The Morgan fingerprint density at radius 3 is 2.58 bits per heavy atom. The lowest BCUT2D eigenvalue weighted by atomic mass is 9.88. The van der Waals surface area contributed by atoms with Crippen molar-refractivity contribution in [3.63, 3.8) is 0 Å². The molecular weight excluding hydrogens is 262 g/mol. The Hall–Kier alpha value is -0.770. The van der Waals surface area contributed by atoms with Gasteiger partial charge in [-0.3, -0.25) is 0 Å². The lowest BCUT2D eigenvalue weighted by Gasteiger charge is -2.34. The zero-order chi connectivity index (χ0) is 14.5. The molecule has 0 saturated heterocycles. The number of benzene rings is 1. The summed E-state index contributed by atoms with van der Waals surface area (Å²) in [5.41, 5.74) is 7.02. The summed E-state index contributed by atoms with van der Waals surface area (Å²) >= 11 is 6.04. The van der Waals surface area contributed by atoms with Gasteiger partial charge in [0.2, 0.25) is 0 Å². The first-order valence-corrected chi connectivity index (χ1v) is 7.06. The molecular formula is C15H24ClNO2. The summed E-state index contributed by atoms with van der Waals surface area (Å²) in [6.45, 7) is 6.79. The van der Waals surface area contributed by atoms with E-state index >= 15 is 0 Å². The van der Waals surface area contributed by atoms with Gasteiger partial charge in [0.15, 0.2) is 0 Å². The summed E-state index contributed by atoms with van der Waals surface area (Å²) in [6, 6.07) is 5.48. The molecule has 0 aliphatic rings. The average molecular weight is 286 g/mol. The first kappa shape index (κ1) is 16.3. The molecule has 0 heterocycles. The first-order valence-electron chi connectivity index (χ1n) is 6.68. The molecule has 0 aromatic heterocycles. The van der Waals surface area contributed by atoms with Gasteiger partial charge in [0, 0.05) is 17.7 Å². The fraction of sp³-hybridized carbons (Fsp3) is 0.600. The van der Waals surface area contributed by atoms with Gasteiger partial charge in [-0.15, -0.1) is 0 Å². The number of hydrogen-bond donors (Lipinski definition) is 1. The van der Waals surface area contributed by atoms with Crippen LogP contribution in [0.1, 0.15) is 32.8 Å². The largest absolute Gasteiger partial charge is 0.496 e. The molecule has 2 N–H and O–H groups in total. The fourth-order valence-corrected chi connectivity index (χ4v) is 2.36. The van der Waals surface area contributed by atoms with E-state index in [1.807, 2.05) is 25.1 Å². The first-order chi connectivity index (χ1) is 8.96. The van der Waals surface area contributed by atoms with Gasteiger partial charge in [0.05, 0.1) is 12.7 Å². The van der Waals surface area contributed by atoms with Crippen LogP contribution in [0.3, 0.4) is 0 Å². The number of hydrogen-bond acceptors (Lipinski definition) is 3. The van der Waals surface area contributed by atoms with E-state index in [1.54, 1.807) is 7.11 Å². The van der Waals surface area contributed by atoms with E-state index in [-0.39, 0.29) is 11.6 Å². The topological polar surface area (TPSA) is 44.5 Å². The maximum atomic E-state index is 6.33. The van der Waals surface area contributed by atoms with Crippen molar-refractivity contribution in [1.82, 2.24) is 0 Å². The normalized spacial score (nSPS) is 15.9. The fourth-order valence-electron chi connectivity index (χ4n) is 2.16. The van der Waals surface area contributed by atoms with Gasteiger partial charge in [-0.05, 0) is 50.5 Å². The molecule has 0 aliphatic carbocycles. The third-order valence-electron chi connectivity index (χ3n) is 3.64. The van der Waals surface area contributed by atoms with Crippen LogP contribution < -0.4 is 10.5 Å². The van der Waals surface area contributed by atoms with Crippen molar-refractivity contribution in [3.8, 4) is 5.75 Å². The highest BCUT2D eigenvalue weighted by atomic mass is 35.5. The molecule has 0 radical (unpaired) electrons. The average Bonchev–Trinajstić information content (AvgIpc) is 2.39. The van der Waals surface area contributed by atoms with Crippen molar-refractivity contribution in [3.05, 3.63) is 28.8 Å². The Morgan fingerprint density at radius 1 is 1.37 bits per heavy atom. The number of nitrogens with two attached hydrogens (primary N) is 1. The van der Waals surface area contributed by atoms with Gasteiger partial charge in [-0.2, -0.15) is 0 Å². The Labute approximate surface area is 121 Å². The van der Waals surface area contributed by atoms with Crippen molar-refractivity contribution in [2.75, 3.05) is 13.7 Å². The second kappa shape index (κ2) is 7.13. The van der Waals surface area contributed by atoms with Crippen LogP contribution in [-0.4, -0.2) is 25.4 Å². The summed E-state index contributed by atoms with van der Waals surface area (Å²) in [7, 11) is 1.65. The number of rotatable bonds is 7. The summed E-state index contributed by atoms with van der Waals surface area (Å²) < 4.78 is 11.2. The zero-order valence-electron chi connectivity index (χ0n) is 12.2. The molecule has 0 fully saturated rings. The number of halogens is 1. The van der Waals surface area contributed by atoms with Gasteiger partial charge >= 0.3 is 0 Å². The molecule has 3 nitrogen and oxygen atoms in total. The molecule has 0 spiro atoms. The van der Waals surface area contributed by atoms with E-state index in [1.165, 1.54) is 0 Å². The van der Waals surface area contributed by atoms with Gasteiger partial charge in [-0.25, -0.2) is 0 Å². The predicted molar refractivity (Wildman–Crippen MR) is 80.0 cm³/mol. The van der Waals surface area contributed by atoms with Crippen LogP contribution >= 0.6 is 11.6 Å². The molecule has 0 bridgehead atoms. The van der Waals surface area contributed by atoms with Crippen molar-refractivity contribution >= 4 is 11.6 Å². The third-order valence-corrected chi connectivity index (χ3v) is 3.88. The molecule has 0 saturated carbocycles. The smallest absolute Gasteiger partial charge is 0.122 e. The van der Waals surface area contributed by atoms with E-state index < -0.39 is 0 Å². The van der Waals surface area contributed by atoms with Crippen LogP contribution in [0.25, 0.3) is 0 Å². The minimum absolute atomic E-state index is 0.107. The molecule has 1 aromatic carbocycles. The zero-order valence-corrected chi connectivity index (χ0v) is 13.0. The summed E-state index contributed by atoms with van der Waals surface area (Å²) in [6.07, 6.45) is 1.54. The Morgan fingerprint density at radius 2 is 2.05 bits per heavy atom. The van der Waals surface area contributed by atoms with Crippen molar-refractivity contribution in [1.29, 1.82) is 0 Å². The molecule has 19 heavy (non-hydrogen) atoms. The second-order valence-electron chi connectivity index (χ2n) is 4.87. The van der Waals surface area contributed by atoms with Crippen LogP contribution in [0.2, 0.25) is 5.02 Å². The van der Waals surface area contributed by atoms with E-state index in [4.69, 9.17) is 26.8 Å². The lowest BCUT2D eigenvalue weighted by Crippen LogP contribution is -2.48. The van der Waals surface area contributed by atoms with E-state index in [9.17, 15) is 0 Å². The van der Waals surface area contributed by atoms with Crippen LogP contribution in [0.15, 0.2) is 18.2 Å². The number of ether oxygens (including phenoxy) is 2. The van der Waals surface area contributed by atoms with Crippen LogP contribution in [0.4, 0.5) is 0 Å². The summed E-state index contributed by atoms with van der Waals surface area (Å²) in [5.74, 6) is 0.815. The predicted octanol–water partition coefficient (Wildman–Crippen LogP) is 3.42. The van der Waals surface area contributed by atoms with E-state index in [0.717, 1.165) is 17.7 Å². The number of methoxy groups -OCH3 is 1. The maximum Gasteiger partial charge on any atom is 0.122 e. The van der Waals surface area contributed by atoms with Gasteiger partial charge in [-0.1, -0.05) is 18.5 Å². The Kier molecular flexibility index (Phi) is 6.11. The molecule has 2 atom stereocenters. The highest BCUT2D eigenvalue weighted by Gasteiger charge is 2.31. The van der Waals surface area contributed by atoms with Gasteiger partial charge in [0.25, 0.3) is 0 Å². The molecule has 1 aromatic rings. The van der Waals surface area contributed by atoms with Gasteiger partial charge in [0.1, 0.15) is 5.75 Å². The Balaban J connectivity index is 2.91. The van der Waals surface area contributed by atoms with Crippen molar-refractivity contribution in [2.24, 2.45) is 5.73 Å². The highest BCUT2D eigenvalue weighted by Crippen LogP contribution is 2.27. The summed E-state index contributed by atoms with van der Waals surface area (Å²) in [5, 5.41) is 0.692. The molecule has 1 rings (SSSR count). The highest BCUT2D eigenvalue weighted by molar-refractivity contribution is 6.30. The minimum atomic E-state index is -0.331. The standard InChI is InChI=1S/C15H24ClNO2/c1-5-15(3,19-6-2)14(17)10-11-9-12(16)7-8-13(11)18-4/h7-9,14H,5-6,10,17H2,1-4H3. The third kappa shape index (κ3) is 4.10. The van der Waals surface area contributed by atoms with Crippen molar-refractivity contribution < 1.29 is 9.47 Å². The molecule has 0 amide bonds. The monoisotopic (exact) mass is 285 g/mol. The van der Waals surface area contributed by atoms with Crippen LogP contribution in [0.5, 0.6) is 5.75 Å². The van der Waals surface area contributed by atoms with Crippen LogP contribution in [0, 0.1) is 0 Å². The van der Waals surface area contributed by atoms with Gasteiger partial charge < -0.3 is 15.2 Å². The lowest BCUT2D eigenvalue weighted by molar-refractivity contribution is -0.0462. The van der Waals surface area contributed by atoms with E-state index in [2.05, 4.69) is 13.8 Å². The summed E-state index contributed by atoms with van der Waals surface area (Å²) in [4.78, 5) is 0. The maximum absolute atomic E-state index is 6.33. The molecule has 4 heteroatoms. The second-order valence-corrected chi connectivity index (χ2v) is 5.30. The Bertz CT molecular complexity index is 411. The molecule has 108 valence electrons. The molecule has 0 aliphatic heterocycles. The van der Waals surface area contributed by atoms with Crippen molar-refractivity contribution in [2.45, 2.75) is 45.3 Å².